The first-order chi connectivity index (χ1) is 17.4. The van der Waals surface area contributed by atoms with E-state index in [0.29, 0.717) is 13.1 Å². The minimum Gasteiger partial charge on any atom is -0.480 e. The lowest BCUT2D eigenvalue weighted by Gasteiger charge is -2.16. The van der Waals surface area contributed by atoms with Crippen LogP contribution in [-0.4, -0.2) is 40.5 Å². The summed E-state index contributed by atoms with van der Waals surface area (Å²) < 4.78 is 0. The number of halogens is 1. The third-order valence-electron chi connectivity index (χ3n) is 5.72. The molecule has 8 nitrogen and oxygen atoms in total. The van der Waals surface area contributed by atoms with Gasteiger partial charge in [-0.1, -0.05) is 54.1 Å². The van der Waals surface area contributed by atoms with Crippen molar-refractivity contribution >= 4 is 40.3 Å². The minimum atomic E-state index is -1.17. The van der Waals surface area contributed by atoms with E-state index in [0.717, 1.165) is 22.0 Å². The van der Waals surface area contributed by atoms with E-state index in [1.54, 1.807) is 0 Å². The van der Waals surface area contributed by atoms with Gasteiger partial charge in [0.2, 0.25) is 0 Å². The number of aliphatic carboxylic acids is 1. The van der Waals surface area contributed by atoms with Crippen molar-refractivity contribution in [3.8, 4) is 0 Å². The molecule has 0 fully saturated rings. The molecule has 4 rings (SSSR count). The first-order valence-corrected chi connectivity index (χ1v) is 11.7. The molecule has 4 aromatic rings. The Kier molecular flexibility index (Phi) is 7.99. The van der Waals surface area contributed by atoms with Gasteiger partial charge in [-0.15, -0.1) is 0 Å². The zero-order valence-electron chi connectivity index (χ0n) is 19.3. The van der Waals surface area contributed by atoms with Crippen molar-refractivity contribution < 1.29 is 19.5 Å². The molecular formula is C27H25ClN4O4. The fourth-order valence-corrected chi connectivity index (χ4v) is 4.08. The molecule has 184 valence electrons. The Morgan fingerprint density at radius 1 is 0.917 bits per heavy atom. The molecule has 0 saturated heterocycles. The van der Waals surface area contributed by atoms with E-state index in [1.165, 1.54) is 18.2 Å². The number of hydrogen-bond donors (Lipinski definition) is 5. The van der Waals surface area contributed by atoms with Crippen LogP contribution in [0.2, 0.25) is 5.02 Å². The number of H-pyrrole nitrogens is 1. The molecule has 2 amide bonds. The van der Waals surface area contributed by atoms with E-state index in [1.807, 2.05) is 60.8 Å². The van der Waals surface area contributed by atoms with Crippen LogP contribution in [0.4, 0.5) is 0 Å². The molecule has 1 atom stereocenters. The van der Waals surface area contributed by atoms with E-state index in [9.17, 15) is 19.5 Å². The number of nitrogens with one attached hydrogen (secondary N) is 4. The number of amides is 2. The fraction of sp³-hybridized carbons (Fsp3) is 0.148. The molecule has 36 heavy (non-hydrogen) atoms. The number of hydrogen-bond acceptors (Lipinski definition) is 4. The quantitative estimate of drug-likeness (QED) is 0.225. The average molecular weight is 505 g/mol. The second kappa shape index (κ2) is 11.5. The Morgan fingerprint density at radius 2 is 1.72 bits per heavy atom. The zero-order valence-corrected chi connectivity index (χ0v) is 20.0. The van der Waals surface area contributed by atoms with Crippen molar-refractivity contribution in [2.45, 2.75) is 19.1 Å². The molecule has 0 bridgehead atoms. The molecule has 3 aromatic carbocycles. The van der Waals surface area contributed by atoms with E-state index < -0.39 is 17.9 Å². The third-order valence-corrected chi connectivity index (χ3v) is 6.04. The van der Waals surface area contributed by atoms with Crippen LogP contribution in [0, 0.1) is 0 Å². The number of carbonyl (C=O) groups is 3. The monoisotopic (exact) mass is 504 g/mol. The lowest BCUT2D eigenvalue weighted by molar-refractivity contribution is -0.139. The maximum absolute atomic E-state index is 12.7. The number of carbonyl (C=O) groups excluding carboxylic acids is 2. The van der Waals surface area contributed by atoms with Gasteiger partial charge in [0.15, 0.2) is 0 Å². The van der Waals surface area contributed by atoms with Gasteiger partial charge in [-0.2, -0.15) is 0 Å². The first kappa shape index (κ1) is 25.0. The van der Waals surface area contributed by atoms with Gasteiger partial charge in [0, 0.05) is 42.3 Å². The van der Waals surface area contributed by atoms with Crippen LogP contribution in [0.5, 0.6) is 0 Å². The van der Waals surface area contributed by atoms with Crippen LogP contribution in [-0.2, 0) is 17.9 Å². The largest absolute Gasteiger partial charge is 0.480 e. The van der Waals surface area contributed by atoms with E-state index >= 15 is 0 Å². The SMILES string of the molecule is O=C(NCc1cccc2[nH]ccc12)c1ccc(C(=O)N[C@@H](CNCc2ccccc2)C(=O)O)c(Cl)c1. The van der Waals surface area contributed by atoms with Gasteiger partial charge in [-0.25, -0.2) is 4.79 Å². The summed E-state index contributed by atoms with van der Waals surface area (Å²) in [6, 6.07) is 20.4. The smallest absolute Gasteiger partial charge is 0.327 e. The summed E-state index contributed by atoms with van der Waals surface area (Å²) in [5, 5.41) is 19.0. The summed E-state index contributed by atoms with van der Waals surface area (Å²) in [5.74, 6) is -2.15. The number of aromatic amines is 1. The van der Waals surface area contributed by atoms with E-state index in [4.69, 9.17) is 11.6 Å². The van der Waals surface area contributed by atoms with Crippen LogP contribution in [0.1, 0.15) is 31.8 Å². The number of aromatic nitrogens is 1. The molecule has 0 aliphatic carbocycles. The van der Waals surface area contributed by atoms with E-state index in [2.05, 4.69) is 20.9 Å². The summed E-state index contributed by atoms with van der Waals surface area (Å²) in [4.78, 5) is 40.2. The molecule has 0 unspecified atom stereocenters. The maximum Gasteiger partial charge on any atom is 0.327 e. The number of benzene rings is 3. The summed E-state index contributed by atoms with van der Waals surface area (Å²) in [6.07, 6.45) is 1.84. The van der Waals surface area contributed by atoms with Gasteiger partial charge in [-0.05, 0) is 41.5 Å². The Morgan fingerprint density at radius 3 is 2.47 bits per heavy atom. The predicted octanol–water partition coefficient (Wildman–Crippen LogP) is 3.72. The van der Waals surface area contributed by atoms with Gasteiger partial charge in [0.05, 0.1) is 10.6 Å². The van der Waals surface area contributed by atoms with Crippen molar-refractivity contribution in [3.05, 3.63) is 106 Å². The normalized spacial score (nSPS) is 11.7. The zero-order chi connectivity index (χ0) is 25.5. The molecule has 0 saturated carbocycles. The molecule has 1 aromatic heterocycles. The second-order valence-corrected chi connectivity index (χ2v) is 8.62. The first-order valence-electron chi connectivity index (χ1n) is 11.3. The molecule has 0 spiro atoms. The number of carboxylic acid groups (broad SMARTS) is 1. The molecule has 0 aliphatic heterocycles. The number of carboxylic acids is 1. The van der Waals surface area contributed by atoms with Gasteiger partial charge < -0.3 is 26.0 Å². The molecule has 0 radical (unpaired) electrons. The predicted molar refractivity (Wildman–Crippen MR) is 138 cm³/mol. The topological polar surface area (TPSA) is 123 Å². The Balaban J connectivity index is 1.35. The lowest BCUT2D eigenvalue weighted by Crippen LogP contribution is -2.47. The van der Waals surface area contributed by atoms with Gasteiger partial charge in [-0.3, -0.25) is 9.59 Å². The number of fused-ring (bicyclic) bond motifs is 1. The van der Waals surface area contributed by atoms with Crippen LogP contribution in [0.25, 0.3) is 10.9 Å². The molecular weight excluding hydrogens is 480 g/mol. The summed E-state index contributed by atoms with van der Waals surface area (Å²) in [7, 11) is 0. The van der Waals surface area contributed by atoms with Crippen LogP contribution < -0.4 is 16.0 Å². The third kappa shape index (κ3) is 6.10. The fourth-order valence-electron chi connectivity index (χ4n) is 3.82. The molecule has 1 heterocycles. The highest BCUT2D eigenvalue weighted by molar-refractivity contribution is 6.34. The van der Waals surface area contributed by atoms with Crippen molar-refractivity contribution in [3.63, 3.8) is 0 Å². The van der Waals surface area contributed by atoms with Crippen molar-refractivity contribution in [2.75, 3.05) is 6.54 Å². The van der Waals surface area contributed by atoms with Crippen molar-refractivity contribution in [1.29, 1.82) is 0 Å². The molecule has 0 aliphatic rings. The Hall–Kier alpha value is -4.14. The Labute approximate surface area is 212 Å². The highest BCUT2D eigenvalue weighted by Gasteiger charge is 2.22. The minimum absolute atomic E-state index is 0.0297. The van der Waals surface area contributed by atoms with E-state index in [-0.39, 0.29) is 28.6 Å². The van der Waals surface area contributed by atoms with Crippen LogP contribution >= 0.6 is 11.6 Å². The second-order valence-electron chi connectivity index (χ2n) is 8.21. The highest BCUT2D eigenvalue weighted by Crippen LogP contribution is 2.20. The summed E-state index contributed by atoms with van der Waals surface area (Å²) in [5.41, 5.74) is 3.31. The van der Waals surface area contributed by atoms with Gasteiger partial charge in [0.25, 0.3) is 11.8 Å². The van der Waals surface area contributed by atoms with Crippen molar-refractivity contribution in [1.82, 2.24) is 20.9 Å². The summed E-state index contributed by atoms with van der Waals surface area (Å²) >= 11 is 6.29. The van der Waals surface area contributed by atoms with Gasteiger partial charge >= 0.3 is 5.97 Å². The Bertz CT molecular complexity index is 1390. The number of rotatable bonds is 10. The average Bonchev–Trinajstić information content (AvgIpc) is 3.36. The lowest BCUT2D eigenvalue weighted by atomic mass is 10.1. The van der Waals surface area contributed by atoms with Gasteiger partial charge in [0.1, 0.15) is 6.04 Å². The standard InChI is InChI=1S/C27H25ClN4O4/c28-22-13-18(25(33)31-15-19-7-4-8-23-20(19)11-12-30-23)9-10-21(22)26(34)32-24(27(35)36)16-29-14-17-5-2-1-3-6-17/h1-13,24,29-30H,14-16H2,(H,31,33)(H,32,34)(H,35,36)/t24-/m0/s1. The van der Waals surface area contributed by atoms with Crippen LogP contribution in [0.3, 0.4) is 0 Å². The summed E-state index contributed by atoms with van der Waals surface area (Å²) in [6.45, 7) is 0.815. The highest BCUT2D eigenvalue weighted by atomic mass is 35.5. The van der Waals surface area contributed by atoms with Crippen molar-refractivity contribution in [2.24, 2.45) is 0 Å². The molecule has 5 N–H and O–H groups in total. The molecule has 9 heteroatoms. The van der Waals surface area contributed by atoms with Crippen LogP contribution in [0.15, 0.2) is 79.0 Å². The maximum atomic E-state index is 12.7.